The molecule has 1 aliphatic carbocycles. The highest BCUT2D eigenvalue weighted by molar-refractivity contribution is 6.14. The molecule has 3 heteroatoms. The second-order valence-electron chi connectivity index (χ2n) is 11.6. The second kappa shape index (κ2) is 7.55. The number of furan rings is 1. The van der Waals surface area contributed by atoms with E-state index in [0.29, 0.717) is 5.56 Å². The van der Waals surface area contributed by atoms with Gasteiger partial charge in [-0.25, -0.2) is 4.57 Å². The van der Waals surface area contributed by atoms with Crippen LogP contribution in [0.2, 0.25) is 0 Å². The maximum absolute atomic E-state index is 10.2. The molecule has 0 bridgehead atoms. The van der Waals surface area contributed by atoms with Crippen LogP contribution in [0.3, 0.4) is 0 Å². The average Bonchev–Trinajstić information content (AvgIpc) is 3.30. The van der Waals surface area contributed by atoms with Crippen LogP contribution >= 0.6 is 0 Å². The first-order valence-corrected chi connectivity index (χ1v) is 12.6. The van der Waals surface area contributed by atoms with Crippen LogP contribution in [0.25, 0.3) is 44.3 Å². The van der Waals surface area contributed by atoms with Gasteiger partial charge >= 0.3 is 0 Å². The third-order valence-electron chi connectivity index (χ3n) is 8.07. The van der Waals surface area contributed by atoms with Gasteiger partial charge in [0.2, 0.25) is 5.69 Å². The molecule has 0 saturated carbocycles. The molecule has 2 heterocycles. The lowest BCUT2D eigenvalue weighted by Gasteiger charge is -2.24. The molecule has 0 fully saturated rings. The molecular weight excluding hydrogens is 440 g/mol. The Bertz CT molecular complexity index is 1740. The number of aromatic nitrogens is 1. The number of hydrogen-bond acceptors (Lipinski definition) is 2. The lowest BCUT2D eigenvalue weighted by atomic mass is 9.80. The van der Waals surface area contributed by atoms with Gasteiger partial charge in [0.25, 0.3) is 0 Å². The summed E-state index contributed by atoms with van der Waals surface area (Å²) in [7, 11) is 2.06. The summed E-state index contributed by atoms with van der Waals surface area (Å²) < 4.78 is 8.95. The van der Waals surface area contributed by atoms with E-state index in [9.17, 15) is 5.26 Å². The van der Waals surface area contributed by atoms with Gasteiger partial charge in [-0.15, -0.1) is 0 Å². The zero-order valence-electron chi connectivity index (χ0n) is 21.9. The molecule has 36 heavy (non-hydrogen) atoms. The molecule has 0 amide bonds. The Kier molecular flexibility index (Phi) is 4.73. The Balaban J connectivity index is 1.75. The monoisotopic (exact) mass is 471 g/mol. The Hall–Kier alpha value is -3.90. The topological polar surface area (TPSA) is 40.8 Å². The van der Waals surface area contributed by atoms with Crippen molar-refractivity contribution < 1.29 is 8.98 Å². The smallest absolute Gasteiger partial charge is 0.216 e. The zero-order chi connectivity index (χ0) is 25.4. The predicted molar refractivity (Wildman–Crippen MR) is 146 cm³/mol. The maximum atomic E-state index is 10.2. The number of nitrogens with zero attached hydrogens (tertiary/aromatic N) is 2. The first kappa shape index (κ1) is 22.6. The summed E-state index contributed by atoms with van der Waals surface area (Å²) in [4.78, 5) is 0. The minimum absolute atomic E-state index is 0.00410. The molecule has 0 N–H and O–H groups in total. The van der Waals surface area contributed by atoms with Gasteiger partial charge in [0, 0.05) is 28.5 Å². The first-order valence-electron chi connectivity index (χ1n) is 12.6. The van der Waals surface area contributed by atoms with E-state index in [1.54, 1.807) is 0 Å². The Morgan fingerprint density at radius 1 is 0.833 bits per heavy atom. The van der Waals surface area contributed by atoms with Crippen LogP contribution in [0.1, 0.15) is 56.4 Å². The fourth-order valence-electron chi connectivity index (χ4n) is 6.81. The number of fused-ring (bicyclic) bond motifs is 4. The van der Waals surface area contributed by atoms with Crippen molar-refractivity contribution >= 4 is 21.9 Å². The van der Waals surface area contributed by atoms with Crippen molar-refractivity contribution in [2.45, 2.75) is 51.9 Å². The minimum Gasteiger partial charge on any atom is -0.454 e. The van der Waals surface area contributed by atoms with Crippen LogP contribution in [0.15, 0.2) is 71.3 Å². The first-order chi connectivity index (χ1) is 17.1. The Morgan fingerprint density at radius 2 is 1.56 bits per heavy atom. The molecule has 0 radical (unpaired) electrons. The third kappa shape index (κ3) is 3.07. The number of rotatable bonds is 2. The van der Waals surface area contributed by atoms with Gasteiger partial charge in [0.05, 0.1) is 17.2 Å². The number of hydrogen-bond donors (Lipinski definition) is 0. The Labute approximate surface area is 212 Å². The average molecular weight is 472 g/mol. The van der Waals surface area contributed by atoms with Gasteiger partial charge in [-0.2, -0.15) is 5.26 Å². The highest BCUT2D eigenvalue weighted by atomic mass is 16.3. The molecule has 0 aliphatic heterocycles. The fourth-order valence-corrected chi connectivity index (χ4v) is 6.81. The quantitative estimate of drug-likeness (QED) is 0.246. The molecule has 0 spiro atoms. The normalized spacial score (nSPS) is 15.8. The van der Waals surface area contributed by atoms with E-state index in [1.165, 1.54) is 11.1 Å². The fraction of sp³-hybridized carbons (Fsp3) is 0.273. The van der Waals surface area contributed by atoms with E-state index in [1.807, 2.05) is 18.2 Å². The van der Waals surface area contributed by atoms with E-state index >= 15 is 0 Å². The number of pyridine rings is 1. The van der Waals surface area contributed by atoms with E-state index < -0.39 is 0 Å². The SMILES string of the molecule is Cc1ccc2c(oc3c(-c4cccc5c4C(C)(C)CC5(C)C)c(C#N)ccc32)c1-c1cccc[n+]1C. The summed E-state index contributed by atoms with van der Waals surface area (Å²) >= 11 is 0. The highest BCUT2D eigenvalue weighted by Gasteiger charge is 2.43. The summed E-state index contributed by atoms with van der Waals surface area (Å²) in [5, 5.41) is 12.3. The van der Waals surface area contributed by atoms with Gasteiger partial charge in [-0.3, -0.25) is 0 Å². The molecule has 0 saturated heterocycles. The van der Waals surface area contributed by atoms with Crippen LogP contribution in [0, 0.1) is 18.3 Å². The van der Waals surface area contributed by atoms with Crippen LogP contribution in [-0.2, 0) is 17.9 Å². The number of nitriles is 1. The molecule has 6 rings (SSSR count). The van der Waals surface area contributed by atoms with Gasteiger partial charge in [-0.05, 0) is 64.6 Å². The van der Waals surface area contributed by atoms with E-state index in [-0.39, 0.29) is 10.8 Å². The standard InChI is InChI=1S/C33H31N2O/c1-20-13-15-22-23-16-14-21(18-34)28(24-10-9-11-25-29(24)33(4,5)19-32(25,2)3)31(23)36-30(22)27(20)26-12-7-8-17-35(26)6/h7-17H,19H2,1-6H3/q+1. The van der Waals surface area contributed by atoms with Crippen molar-refractivity contribution in [2.75, 3.05) is 0 Å². The predicted octanol–water partition coefficient (Wildman–Crippen LogP) is 7.88. The van der Waals surface area contributed by atoms with E-state index in [0.717, 1.165) is 56.3 Å². The second-order valence-corrected chi connectivity index (χ2v) is 11.6. The molecule has 0 atom stereocenters. The summed E-state index contributed by atoms with van der Waals surface area (Å²) in [6, 6.07) is 23.6. The van der Waals surface area contributed by atoms with E-state index in [2.05, 4.69) is 101 Å². The van der Waals surface area contributed by atoms with Gasteiger partial charge in [-0.1, -0.05) is 58.0 Å². The molecule has 5 aromatic rings. The molecule has 2 aromatic heterocycles. The van der Waals surface area contributed by atoms with Crippen LogP contribution in [0.5, 0.6) is 0 Å². The van der Waals surface area contributed by atoms with Crippen molar-refractivity contribution in [1.29, 1.82) is 5.26 Å². The summed E-state index contributed by atoms with van der Waals surface area (Å²) in [5.74, 6) is 0. The van der Waals surface area contributed by atoms with E-state index in [4.69, 9.17) is 4.42 Å². The van der Waals surface area contributed by atoms with Crippen LogP contribution in [-0.4, -0.2) is 0 Å². The zero-order valence-corrected chi connectivity index (χ0v) is 21.9. The van der Waals surface area contributed by atoms with Crippen molar-refractivity contribution in [3.8, 4) is 28.5 Å². The number of benzene rings is 3. The minimum atomic E-state index is -0.00410. The largest absolute Gasteiger partial charge is 0.454 e. The molecule has 0 unspecified atom stereocenters. The lowest BCUT2D eigenvalue weighted by Crippen LogP contribution is -2.30. The Morgan fingerprint density at radius 3 is 2.28 bits per heavy atom. The lowest BCUT2D eigenvalue weighted by molar-refractivity contribution is -0.660. The summed E-state index contributed by atoms with van der Waals surface area (Å²) in [5.41, 5.74) is 10.5. The van der Waals surface area contributed by atoms with Crippen molar-refractivity contribution in [3.05, 3.63) is 89.1 Å². The number of aryl methyl sites for hydroxylation is 2. The highest BCUT2D eigenvalue weighted by Crippen LogP contribution is 2.54. The van der Waals surface area contributed by atoms with Gasteiger partial charge in [0.15, 0.2) is 6.20 Å². The van der Waals surface area contributed by atoms with Crippen molar-refractivity contribution in [2.24, 2.45) is 7.05 Å². The molecule has 3 aromatic carbocycles. The van der Waals surface area contributed by atoms with Crippen LogP contribution < -0.4 is 4.57 Å². The summed E-state index contributed by atoms with van der Waals surface area (Å²) in [6.07, 6.45) is 3.13. The van der Waals surface area contributed by atoms with Gasteiger partial charge in [0.1, 0.15) is 18.2 Å². The van der Waals surface area contributed by atoms with Gasteiger partial charge < -0.3 is 4.42 Å². The molecule has 1 aliphatic rings. The molecule has 178 valence electrons. The third-order valence-corrected chi connectivity index (χ3v) is 8.07. The van der Waals surface area contributed by atoms with Crippen LogP contribution in [0.4, 0.5) is 0 Å². The van der Waals surface area contributed by atoms with Crippen molar-refractivity contribution in [1.82, 2.24) is 0 Å². The summed E-state index contributed by atoms with van der Waals surface area (Å²) in [6.45, 7) is 11.4. The van der Waals surface area contributed by atoms with Crippen molar-refractivity contribution in [3.63, 3.8) is 0 Å². The maximum Gasteiger partial charge on any atom is 0.216 e. The molecular formula is C33H31N2O+. The molecule has 3 nitrogen and oxygen atoms in total.